The molecule has 0 radical (unpaired) electrons. The summed E-state index contributed by atoms with van der Waals surface area (Å²) in [6, 6.07) is 10.1. The van der Waals surface area contributed by atoms with Gasteiger partial charge in [-0.15, -0.1) is 0 Å². The van der Waals surface area contributed by atoms with Gasteiger partial charge in [0.25, 0.3) is 10.0 Å². The van der Waals surface area contributed by atoms with Gasteiger partial charge in [-0.1, -0.05) is 0 Å². The van der Waals surface area contributed by atoms with Gasteiger partial charge in [0, 0.05) is 26.7 Å². The first-order chi connectivity index (χ1) is 12.1. The van der Waals surface area contributed by atoms with Crippen molar-refractivity contribution >= 4 is 27.3 Å². The van der Waals surface area contributed by atoms with Crippen molar-refractivity contribution in [3.63, 3.8) is 0 Å². The molecule has 0 spiro atoms. The molecule has 0 unspecified atom stereocenters. The molecule has 0 fully saturated rings. The number of sulfonamides is 1. The summed E-state index contributed by atoms with van der Waals surface area (Å²) in [6.45, 7) is 5.24. The molecule has 26 heavy (non-hydrogen) atoms. The van der Waals surface area contributed by atoms with Crippen molar-refractivity contribution < 1.29 is 17.9 Å². The summed E-state index contributed by atoms with van der Waals surface area (Å²) >= 11 is 0. The number of carbonyl (C=O) groups is 1. The Hall–Kier alpha value is -2.54. The molecule has 0 N–H and O–H groups in total. The van der Waals surface area contributed by atoms with Gasteiger partial charge >= 0.3 is 0 Å². The smallest absolute Gasteiger partial charge is 0.267 e. The predicted molar refractivity (Wildman–Crippen MR) is 104 cm³/mol. The molecule has 0 saturated heterocycles. The van der Waals surface area contributed by atoms with Gasteiger partial charge in [0.2, 0.25) is 5.91 Å². The molecule has 2 aromatic rings. The van der Waals surface area contributed by atoms with Crippen molar-refractivity contribution in [3.05, 3.63) is 47.5 Å². The van der Waals surface area contributed by atoms with Crippen LogP contribution in [0.5, 0.6) is 5.75 Å². The number of aryl methyl sites for hydroxylation is 2. The molecule has 0 heterocycles. The summed E-state index contributed by atoms with van der Waals surface area (Å²) in [4.78, 5) is 13.1. The first kappa shape index (κ1) is 19.8. The van der Waals surface area contributed by atoms with Crippen molar-refractivity contribution in [1.82, 2.24) is 0 Å². The number of benzene rings is 2. The van der Waals surface area contributed by atoms with Gasteiger partial charge in [0.05, 0.1) is 12.8 Å². The van der Waals surface area contributed by atoms with Crippen LogP contribution in [0.2, 0.25) is 0 Å². The molecule has 0 atom stereocenters. The molecule has 7 heteroatoms. The quantitative estimate of drug-likeness (QED) is 0.804. The van der Waals surface area contributed by atoms with E-state index in [2.05, 4.69) is 0 Å². The minimum atomic E-state index is -3.80. The van der Waals surface area contributed by atoms with Gasteiger partial charge in [-0.3, -0.25) is 9.10 Å². The Morgan fingerprint density at radius 3 is 1.96 bits per heavy atom. The monoisotopic (exact) mass is 376 g/mol. The van der Waals surface area contributed by atoms with Crippen LogP contribution in [0.4, 0.5) is 11.4 Å². The van der Waals surface area contributed by atoms with Crippen LogP contribution >= 0.6 is 0 Å². The molecule has 2 aromatic carbocycles. The van der Waals surface area contributed by atoms with Gasteiger partial charge in [-0.05, 0) is 61.4 Å². The largest absolute Gasteiger partial charge is 0.495 e. The number of carbonyl (C=O) groups excluding carboxylic acids is 1. The van der Waals surface area contributed by atoms with Crippen molar-refractivity contribution in [1.29, 1.82) is 0 Å². The molecular formula is C19H24N2O4S. The minimum absolute atomic E-state index is 0.0985. The van der Waals surface area contributed by atoms with Gasteiger partial charge in [-0.2, -0.15) is 0 Å². The fourth-order valence-electron chi connectivity index (χ4n) is 2.48. The second kappa shape index (κ2) is 7.37. The van der Waals surface area contributed by atoms with E-state index in [1.807, 2.05) is 13.8 Å². The molecular weight excluding hydrogens is 352 g/mol. The summed E-state index contributed by atoms with van der Waals surface area (Å²) in [5, 5.41) is 0. The third kappa shape index (κ3) is 3.67. The van der Waals surface area contributed by atoms with E-state index in [9.17, 15) is 13.2 Å². The van der Waals surface area contributed by atoms with Crippen molar-refractivity contribution in [3.8, 4) is 5.75 Å². The molecule has 0 aliphatic rings. The normalized spacial score (nSPS) is 11.2. The zero-order valence-electron chi connectivity index (χ0n) is 15.9. The standard InChI is InChI=1S/C19H24N2O4S/c1-13-11-18(25-6)19(12-14(13)2)26(23,24)21(5)17-9-7-16(8-10-17)20(4)15(3)22/h7-12H,1-6H3. The number of rotatable bonds is 5. The second-order valence-electron chi connectivity index (χ2n) is 6.15. The highest BCUT2D eigenvalue weighted by Crippen LogP contribution is 2.32. The third-order valence-corrected chi connectivity index (χ3v) is 6.30. The number of ether oxygens (including phenoxy) is 1. The van der Waals surface area contributed by atoms with E-state index in [1.165, 1.54) is 30.3 Å². The van der Waals surface area contributed by atoms with E-state index < -0.39 is 10.0 Å². The molecule has 140 valence electrons. The lowest BCUT2D eigenvalue weighted by Gasteiger charge is -2.22. The van der Waals surface area contributed by atoms with Crippen molar-refractivity contribution in [2.24, 2.45) is 0 Å². The van der Waals surface area contributed by atoms with Crippen LogP contribution in [0.1, 0.15) is 18.1 Å². The summed E-state index contributed by atoms with van der Waals surface area (Å²) in [5.74, 6) is 0.214. The molecule has 0 aromatic heterocycles. The highest BCUT2D eigenvalue weighted by molar-refractivity contribution is 7.92. The Bertz CT molecular complexity index is 921. The maximum absolute atomic E-state index is 13.1. The molecule has 0 saturated carbocycles. The summed E-state index contributed by atoms with van der Waals surface area (Å²) in [7, 11) is 0.816. The zero-order chi connectivity index (χ0) is 19.6. The molecule has 1 amide bonds. The number of hydrogen-bond acceptors (Lipinski definition) is 4. The molecule has 0 aliphatic heterocycles. The Morgan fingerprint density at radius 1 is 0.962 bits per heavy atom. The lowest BCUT2D eigenvalue weighted by Crippen LogP contribution is -2.27. The first-order valence-corrected chi connectivity index (χ1v) is 9.52. The van der Waals surface area contributed by atoms with E-state index >= 15 is 0 Å². The average Bonchev–Trinajstić information content (AvgIpc) is 2.62. The highest BCUT2D eigenvalue weighted by atomic mass is 32.2. The number of anilines is 2. The molecule has 0 bridgehead atoms. The molecule has 0 aliphatic carbocycles. The molecule has 2 rings (SSSR count). The van der Waals surface area contributed by atoms with E-state index in [0.717, 1.165) is 11.1 Å². The van der Waals surface area contributed by atoms with Crippen LogP contribution < -0.4 is 13.9 Å². The topological polar surface area (TPSA) is 66.9 Å². The number of amides is 1. The van der Waals surface area contributed by atoms with E-state index in [0.29, 0.717) is 17.1 Å². The highest BCUT2D eigenvalue weighted by Gasteiger charge is 2.26. The minimum Gasteiger partial charge on any atom is -0.495 e. The summed E-state index contributed by atoms with van der Waals surface area (Å²) < 4.78 is 32.7. The second-order valence-corrected chi connectivity index (χ2v) is 8.09. The van der Waals surface area contributed by atoms with Crippen molar-refractivity contribution in [2.75, 3.05) is 30.4 Å². The predicted octanol–water partition coefficient (Wildman–Crippen LogP) is 3.12. The first-order valence-electron chi connectivity index (χ1n) is 8.08. The van der Waals surface area contributed by atoms with Gasteiger partial charge < -0.3 is 9.64 Å². The van der Waals surface area contributed by atoms with E-state index in [4.69, 9.17) is 4.74 Å². The molecule has 6 nitrogen and oxygen atoms in total. The van der Waals surface area contributed by atoms with Crippen LogP contribution in [-0.2, 0) is 14.8 Å². The Balaban J connectivity index is 2.44. The fourth-order valence-corrected chi connectivity index (χ4v) is 3.90. The van der Waals surface area contributed by atoms with Gasteiger partial charge in [0.15, 0.2) is 0 Å². The van der Waals surface area contributed by atoms with Gasteiger partial charge in [-0.25, -0.2) is 8.42 Å². The Labute approximate surface area is 155 Å². The number of nitrogens with zero attached hydrogens (tertiary/aromatic N) is 2. The van der Waals surface area contributed by atoms with Crippen LogP contribution in [0, 0.1) is 13.8 Å². The van der Waals surface area contributed by atoms with Crippen LogP contribution in [0.25, 0.3) is 0 Å². The van der Waals surface area contributed by atoms with Crippen LogP contribution in [-0.4, -0.2) is 35.5 Å². The fraction of sp³-hybridized carbons (Fsp3) is 0.316. The maximum Gasteiger partial charge on any atom is 0.267 e. The average molecular weight is 376 g/mol. The third-order valence-electron chi connectivity index (χ3n) is 4.49. The van der Waals surface area contributed by atoms with Crippen LogP contribution in [0.15, 0.2) is 41.3 Å². The van der Waals surface area contributed by atoms with Crippen LogP contribution in [0.3, 0.4) is 0 Å². The van der Waals surface area contributed by atoms with Gasteiger partial charge in [0.1, 0.15) is 10.6 Å². The van der Waals surface area contributed by atoms with E-state index in [1.54, 1.807) is 43.4 Å². The Morgan fingerprint density at radius 2 is 1.46 bits per heavy atom. The Kier molecular flexibility index (Phi) is 5.61. The lowest BCUT2D eigenvalue weighted by molar-refractivity contribution is -0.116. The maximum atomic E-state index is 13.1. The summed E-state index contributed by atoms with van der Waals surface area (Å²) in [5.41, 5.74) is 3.01. The lowest BCUT2D eigenvalue weighted by atomic mass is 10.1. The van der Waals surface area contributed by atoms with Crippen molar-refractivity contribution in [2.45, 2.75) is 25.7 Å². The number of hydrogen-bond donors (Lipinski definition) is 0. The zero-order valence-corrected chi connectivity index (χ0v) is 16.7. The SMILES string of the molecule is COc1cc(C)c(C)cc1S(=O)(=O)N(C)c1ccc(N(C)C(C)=O)cc1. The number of methoxy groups -OCH3 is 1. The summed E-state index contributed by atoms with van der Waals surface area (Å²) in [6.07, 6.45) is 0. The van der Waals surface area contributed by atoms with E-state index in [-0.39, 0.29) is 10.8 Å².